The lowest BCUT2D eigenvalue weighted by molar-refractivity contribution is 0.251. The monoisotopic (exact) mass is 284 g/mol. The molecule has 0 saturated heterocycles. The van der Waals surface area contributed by atoms with E-state index in [0.717, 1.165) is 19.3 Å². The van der Waals surface area contributed by atoms with Gasteiger partial charge in [0.05, 0.1) is 6.20 Å². The summed E-state index contributed by atoms with van der Waals surface area (Å²) in [6.07, 6.45) is 7.83. The number of hydrogen-bond donors (Lipinski definition) is 0. The van der Waals surface area contributed by atoms with Crippen LogP contribution in [0, 0.1) is 5.92 Å². The van der Waals surface area contributed by atoms with Crippen molar-refractivity contribution in [1.82, 2.24) is 29.4 Å². The van der Waals surface area contributed by atoms with Gasteiger partial charge in [0.1, 0.15) is 6.33 Å². The van der Waals surface area contributed by atoms with E-state index in [4.69, 9.17) is 0 Å². The standard InChI is InChI=1S/C14H16N6O/c1-9-4-2-3-5-10(9)19-8-15-13-12(14(19)21)18-17-11-6-7-16-20(11)13/h6-10H,2-5H2,1H3. The van der Waals surface area contributed by atoms with Crippen molar-refractivity contribution in [2.24, 2.45) is 5.92 Å². The molecule has 1 fully saturated rings. The minimum Gasteiger partial charge on any atom is -0.294 e. The van der Waals surface area contributed by atoms with Crippen LogP contribution in [-0.2, 0) is 0 Å². The van der Waals surface area contributed by atoms with Gasteiger partial charge in [0, 0.05) is 12.1 Å². The van der Waals surface area contributed by atoms with Gasteiger partial charge in [0.25, 0.3) is 5.56 Å². The molecule has 0 radical (unpaired) electrons. The van der Waals surface area contributed by atoms with Gasteiger partial charge in [-0.1, -0.05) is 19.8 Å². The third-order valence-corrected chi connectivity index (χ3v) is 4.45. The predicted molar refractivity (Wildman–Crippen MR) is 77.0 cm³/mol. The van der Waals surface area contributed by atoms with Crippen molar-refractivity contribution in [2.45, 2.75) is 38.6 Å². The van der Waals surface area contributed by atoms with Crippen LogP contribution in [0.25, 0.3) is 16.8 Å². The van der Waals surface area contributed by atoms with E-state index < -0.39 is 0 Å². The quantitative estimate of drug-likeness (QED) is 0.678. The first-order valence-electron chi connectivity index (χ1n) is 7.33. The Bertz CT molecular complexity index is 867. The van der Waals surface area contributed by atoms with Gasteiger partial charge in [-0.15, -0.1) is 10.2 Å². The second-order valence-electron chi connectivity index (χ2n) is 5.76. The number of nitrogens with zero attached hydrogens (tertiary/aromatic N) is 6. The Kier molecular flexibility index (Phi) is 2.73. The molecule has 7 nitrogen and oxygen atoms in total. The lowest BCUT2D eigenvalue weighted by Gasteiger charge is -2.29. The molecule has 1 saturated carbocycles. The van der Waals surface area contributed by atoms with Crippen molar-refractivity contribution in [3.05, 3.63) is 28.9 Å². The summed E-state index contributed by atoms with van der Waals surface area (Å²) < 4.78 is 3.29. The van der Waals surface area contributed by atoms with E-state index in [0.29, 0.717) is 17.2 Å². The average Bonchev–Trinajstić information content (AvgIpc) is 2.97. The zero-order valence-corrected chi connectivity index (χ0v) is 11.8. The third kappa shape index (κ3) is 1.84. The smallest absolute Gasteiger partial charge is 0.283 e. The lowest BCUT2D eigenvalue weighted by Crippen LogP contribution is -2.31. The molecule has 0 amide bonds. The Morgan fingerprint density at radius 2 is 2.10 bits per heavy atom. The van der Waals surface area contributed by atoms with Gasteiger partial charge in [0.15, 0.2) is 16.8 Å². The summed E-state index contributed by atoms with van der Waals surface area (Å²) >= 11 is 0. The zero-order valence-electron chi connectivity index (χ0n) is 11.8. The first kappa shape index (κ1) is 12.4. The molecule has 0 aliphatic heterocycles. The Morgan fingerprint density at radius 1 is 1.24 bits per heavy atom. The van der Waals surface area contributed by atoms with Gasteiger partial charge >= 0.3 is 0 Å². The Labute approximate surface area is 120 Å². The molecule has 2 atom stereocenters. The summed E-state index contributed by atoms with van der Waals surface area (Å²) in [5.41, 5.74) is 1.23. The molecule has 3 aromatic rings. The highest BCUT2D eigenvalue weighted by Gasteiger charge is 2.25. The summed E-state index contributed by atoms with van der Waals surface area (Å²) in [5.74, 6) is 0.483. The minimum atomic E-state index is -0.122. The van der Waals surface area contributed by atoms with Crippen LogP contribution < -0.4 is 5.56 Å². The highest BCUT2D eigenvalue weighted by atomic mass is 16.1. The summed E-state index contributed by atoms with van der Waals surface area (Å²) in [5, 5.41) is 12.2. The first-order valence-corrected chi connectivity index (χ1v) is 7.33. The second-order valence-corrected chi connectivity index (χ2v) is 5.76. The molecule has 2 unspecified atom stereocenters. The second kappa shape index (κ2) is 4.61. The predicted octanol–water partition coefficient (Wildman–Crippen LogP) is 1.59. The first-order chi connectivity index (χ1) is 10.3. The molecule has 0 bridgehead atoms. The van der Waals surface area contributed by atoms with E-state index in [-0.39, 0.29) is 17.1 Å². The fourth-order valence-corrected chi connectivity index (χ4v) is 3.27. The molecule has 1 aliphatic carbocycles. The van der Waals surface area contributed by atoms with Gasteiger partial charge in [0.2, 0.25) is 0 Å². The lowest BCUT2D eigenvalue weighted by atomic mass is 9.86. The minimum absolute atomic E-state index is 0.122. The third-order valence-electron chi connectivity index (χ3n) is 4.45. The average molecular weight is 284 g/mol. The van der Waals surface area contributed by atoms with Crippen LogP contribution in [-0.4, -0.2) is 29.4 Å². The van der Waals surface area contributed by atoms with Gasteiger partial charge < -0.3 is 0 Å². The van der Waals surface area contributed by atoms with Crippen LogP contribution in [0.5, 0.6) is 0 Å². The van der Waals surface area contributed by atoms with Crippen molar-refractivity contribution >= 4 is 16.8 Å². The van der Waals surface area contributed by atoms with E-state index in [1.54, 1.807) is 27.7 Å². The maximum absolute atomic E-state index is 12.7. The molecule has 1 aliphatic rings. The summed E-state index contributed by atoms with van der Waals surface area (Å²) in [7, 11) is 0. The maximum atomic E-state index is 12.7. The molecule has 0 spiro atoms. The highest BCUT2D eigenvalue weighted by molar-refractivity contribution is 5.70. The van der Waals surface area contributed by atoms with E-state index in [9.17, 15) is 4.79 Å². The van der Waals surface area contributed by atoms with Crippen LogP contribution in [0.15, 0.2) is 23.4 Å². The van der Waals surface area contributed by atoms with E-state index in [1.165, 1.54) is 6.42 Å². The fourth-order valence-electron chi connectivity index (χ4n) is 3.27. The Morgan fingerprint density at radius 3 is 2.95 bits per heavy atom. The largest absolute Gasteiger partial charge is 0.294 e. The normalized spacial score (nSPS) is 22.9. The summed E-state index contributed by atoms with van der Waals surface area (Å²) in [6.45, 7) is 2.20. The van der Waals surface area contributed by atoms with Gasteiger partial charge in [-0.3, -0.25) is 9.36 Å². The number of hydrogen-bond acceptors (Lipinski definition) is 5. The van der Waals surface area contributed by atoms with E-state index in [1.807, 2.05) is 0 Å². The SMILES string of the molecule is CC1CCCCC1n1cnc2c(nnc3ccnn32)c1=O. The number of rotatable bonds is 1. The molecule has 3 aromatic heterocycles. The van der Waals surface area contributed by atoms with Crippen LogP contribution in [0.4, 0.5) is 0 Å². The Balaban J connectivity index is 1.93. The van der Waals surface area contributed by atoms with E-state index >= 15 is 0 Å². The van der Waals surface area contributed by atoms with Crippen LogP contribution >= 0.6 is 0 Å². The number of aromatic nitrogens is 6. The molecule has 7 heteroatoms. The van der Waals surface area contributed by atoms with E-state index in [2.05, 4.69) is 27.2 Å². The topological polar surface area (TPSA) is 78.0 Å². The maximum Gasteiger partial charge on any atom is 0.283 e. The van der Waals surface area contributed by atoms with Crippen LogP contribution in [0.1, 0.15) is 38.6 Å². The van der Waals surface area contributed by atoms with Crippen molar-refractivity contribution in [3.8, 4) is 0 Å². The van der Waals surface area contributed by atoms with Gasteiger partial charge in [-0.05, 0) is 18.8 Å². The fraction of sp³-hybridized carbons (Fsp3) is 0.500. The molecule has 0 aromatic carbocycles. The summed E-state index contributed by atoms with van der Waals surface area (Å²) in [4.78, 5) is 17.1. The highest BCUT2D eigenvalue weighted by Crippen LogP contribution is 2.32. The van der Waals surface area contributed by atoms with Crippen molar-refractivity contribution < 1.29 is 0 Å². The van der Waals surface area contributed by atoms with Gasteiger partial charge in [-0.2, -0.15) is 9.61 Å². The van der Waals surface area contributed by atoms with Crippen molar-refractivity contribution in [3.63, 3.8) is 0 Å². The number of fused-ring (bicyclic) bond motifs is 3. The van der Waals surface area contributed by atoms with Crippen molar-refractivity contribution in [1.29, 1.82) is 0 Å². The molecular weight excluding hydrogens is 268 g/mol. The molecule has 0 N–H and O–H groups in total. The molecule has 21 heavy (non-hydrogen) atoms. The van der Waals surface area contributed by atoms with Gasteiger partial charge in [-0.25, -0.2) is 4.98 Å². The van der Waals surface area contributed by atoms with Crippen LogP contribution in [0.3, 0.4) is 0 Å². The Hall–Kier alpha value is -2.31. The molecule has 108 valence electrons. The molecular formula is C14H16N6O. The van der Waals surface area contributed by atoms with Crippen LogP contribution in [0.2, 0.25) is 0 Å². The molecule has 4 rings (SSSR count). The summed E-state index contributed by atoms with van der Waals surface area (Å²) in [6, 6.07) is 1.95. The zero-order chi connectivity index (χ0) is 14.4. The van der Waals surface area contributed by atoms with Crippen molar-refractivity contribution in [2.75, 3.05) is 0 Å². The molecule has 3 heterocycles.